The first-order valence-electron chi connectivity index (χ1n) is 3.15. The highest BCUT2D eigenvalue weighted by molar-refractivity contribution is 5.93. The van der Waals surface area contributed by atoms with Gasteiger partial charge in [-0.15, -0.1) is 0 Å². The Morgan fingerprint density at radius 3 is 2.83 bits per heavy atom. The Kier molecular flexibility index (Phi) is 2.23. The van der Waals surface area contributed by atoms with E-state index >= 15 is 0 Å². The first-order valence-corrected chi connectivity index (χ1v) is 3.15. The Morgan fingerprint density at radius 2 is 2.33 bits per heavy atom. The molecule has 0 saturated carbocycles. The molecule has 0 radical (unpaired) electrons. The minimum atomic E-state index is -0.722. The number of carbonyl (C=O) groups is 1. The fourth-order valence-electron chi connectivity index (χ4n) is 0.733. The average molecular weight is 170 g/mol. The van der Waals surface area contributed by atoms with Crippen molar-refractivity contribution in [1.82, 2.24) is 4.98 Å². The Morgan fingerprint density at radius 1 is 1.67 bits per heavy atom. The van der Waals surface area contributed by atoms with E-state index in [0.717, 1.165) is 6.07 Å². The topological polar surface area (TPSA) is 65.2 Å². The molecule has 0 aliphatic heterocycles. The summed E-state index contributed by atoms with van der Waals surface area (Å²) in [4.78, 5) is 14.1. The molecule has 12 heavy (non-hydrogen) atoms. The molecule has 0 amide bonds. The van der Waals surface area contributed by atoms with Gasteiger partial charge >= 0.3 is 5.97 Å². The molecule has 0 aromatic carbocycles. The van der Waals surface area contributed by atoms with Crippen molar-refractivity contribution in [3.8, 4) is 0 Å². The van der Waals surface area contributed by atoms with Gasteiger partial charge in [0.2, 0.25) is 5.95 Å². The van der Waals surface area contributed by atoms with Crippen LogP contribution in [0.15, 0.2) is 12.1 Å². The van der Waals surface area contributed by atoms with Crippen LogP contribution in [0.25, 0.3) is 0 Å². The fourth-order valence-corrected chi connectivity index (χ4v) is 0.733. The molecule has 0 aliphatic carbocycles. The number of carbonyl (C=O) groups excluding carboxylic acids is 1. The number of methoxy groups -OCH3 is 1. The van der Waals surface area contributed by atoms with Gasteiger partial charge in [0, 0.05) is 0 Å². The summed E-state index contributed by atoms with van der Waals surface area (Å²) < 4.78 is 16.7. The van der Waals surface area contributed by atoms with Crippen molar-refractivity contribution >= 4 is 11.8 Å². The smallest absolute Gasteiger partial charge is 0.341 e. The lowest BCUT2D eigenvalue weighted by Crippen LogP contribution is -2.07. The molecule has 1 aromatic rings. The van der Waals surface area contributed by atoms with Crippen LogP contribution in [0.2, 0.25) is 0 Å². The van der Waals surface area contributed by atoms with Gasteiger partial charge in [-0.3, -0.25) is 0 Å². The van der Waals surface area contributed by atoms with Crippen LogP contribution in [-0.2, 0) is 4.74 Å². The quantitative estimate of drug-likeness (QED) is 0.494. The number of pyridine rings is 1. The fraction of sp³-hybridized carbons (Fsp3) is 0.143. The molecule has 0 unspecified atom stereocenters. The second-order valence-electron chi connectivity index (χ2n) is 2.06. The molecule has 2 N–H and O–H groups in total. The number of aromatic nitrogens is 1. The van der Waals surface area contributed by atoms with Gasteiger partial charge in [-0.2, -0.15) is 4.39 Å². The van der Waals surface area contributed by atoms with E-state index in [2.05, 4.69) is 9.72 Å². The van der Waals surface area contributed by atoms with E-state index in [4.69, 9.17) is 5.73 Å². The number of hydrogen-bond acceptors (Lipinski definition) is 4. The van der Waals surface area contributed by atoms with E-state index in [1.165, 1.54) is 13.2 Å². The maximum absolute atomic E-state index is 12.4. The van der Waals surface area contributed by atoms with Gasteiger partial charge in [0.05, 0.1) is 7.11 Å². The summed E-state index contributed by atoms with van der Waals surface area (Å²) in [5.74, 6) is -1.51. The van der Waals surface area contributed by atoms with Gasteiger partial charge in [0.1, 0.15) is 11.4 Å². The Bertz CT molecular complexity index is 314. The summed E-state index contributed by atoms with van der Waals surface area (Å²) in [7, 11) is 1.21. The van der Waals surface area contributed by atoms with Crippen molar-refractivity contribution in [2.24, 2.45) is 0 Å². The summed E-state index contributed by atoms with van der Waals surface area (Å²) in [5, 5.41) is 0. The van der Waals surface area contributed by atoms with Crippen LogP contribution in [-0.4, -0.2) is 18.1 Å². The van der Waals surface area contributed by atoms with Crippen LogP contribution in [0.1, 0.15) is 10.4 Å². The van der Waals surface area contributed by atoms with Gasteiger partial charge in [0.25, 0.3) is 0 Å². The van der Waals surface area contributed by atoms with E-state index in [-0.39, 0.29) is 11.4 Å². The SMILES string of the molecule is COC(=O)c1ccc(F)nc1N. The minimum Gasteiger partial charge on any atom is -0.465 e. The predicted molar refractivity (Wildman–Crippen MR) is 39.9 cm³/mol. The van der Waals surface area contributed by atoms with Crippen LogP contribution in [0.3, 0.4) is 0 Å². The highest BCUT2D eigenvalue weighted by Crippen LogP contribution is 2.09. The predicted octanol–water partition coefficient (Wildman–Crippen LogP) is 0.590. The van der Waals surface area contributed by atoms with Crippen molar-refractivity contribution in [3.63, 3.8) is 0 Å². The van der Waals surface area contributed by atoms with E-state index in [1.807, 2.05) is 0 Å². The largest absolute Gasteiger partial charge is 0.465 e. The number of rotatable bonds is 1. The normalized spacial score (nSPS) is 9.50. The first kappa shape index (κ1) is 8.45. The van der Waals surface area contributed by atoms with Gasteiger partial charge in [-0.25, -0.2) is 9.78 Å². The van der Waals surface area contributed by atoms with Crippen molar-refractivity contribution < 1.29 is 13.9 Å². The van der Waals surface area contributed by atoms with Crippen LogP contribution in [0, 0.1) is 5.95 Å². The molecule has 0 bridgehead atoms. The third kappa shape index (κ3) is 1.50. The summed E-state index contributed by atoms with van der Waals surface area (Å²) in [6, 6.07) is 2.27. The lowest BCUT2D eigenvalue weighted by atomic mass is 10.2. The summed E-state index contributed by atoms with van der Waals surface area (Å²) in [6.45, 7) is 0. The van der Waals surface area contributed by atoms with Crippen LogP contribution < -0.4 is 5.73 Å². The molecule has 0 fully saturated rings. The highest BCUT2D eigenvalue weighted by atomic mass is 19.1. The molecule has 0 atom stereocenters. The zero-order valence-electron chi connectivity index (χ0n) is 6.37. The van der Waals surface area contributed by atoms with Gasteiger partial charge in [0.15, 0.2) is 0 Å². The Labute approximate surface area is 68.2 Å². The zero-order chi connectivity index (χ0) is 9.14. The lowest BCUT2D eigenvalue weighted by Gasteiger charge is -2.00. The Balaban J connectivity index is 3.09. The van der Waals surface area contributed by atoms with Gasteiger partial charge in [-0.1, -0.05) is 0 Å². The number of hydrogen-bond donors (Lipinski definition) is 1. The third-order valence-corrected chi connectivity index (χ3v) is 1.30. The summed E-state index contributed by atoms with van der Waals surface area (Å²) in [5.41, 5.74) is 5.31. The molecule has 1 heterocycles. The molecule has 0 spiro atoms. The maximum Gasteiger partial charge on any atom is 0.341 e. The van der Waals surface area contributed by atoms with Crippen LogP contribution in [0.4, 0.5) is 10.2 Å². The molecule has 4 nitrogen and oxygen atoms in total. The molecule has 0 aliphatic rings. The number of esters is 1. The molecule has 0 saturated heterocycles. The average Bonchev–Trinajstić information content (AvgIpc) is 2.03. The van der Waals surface area contributed by atoms with Crippen molar-refractivity contribution in [1.29, 1.82) is 0 Å². The van der Waals surface area contributed by atoms with Crippen molar-refractivity contribution in [2.75, 3.05) is 12.8 Å². The molecule has 1 aromatic heterocycles. The number of halogens is 1. The van der Waals surface area contributed by atoms with Crippen molar-refractivity contribution in [3.05, 3.63) is 23.6 Å². The third-order valence-electron chi connectivity index (χ3n) is 1.30. The molecule has 64 valence electrons. The van der Waals surface area contributed by atoms with Crippen molar-refractivity contribution in [2.45, 2.75) is 0 Å². The number of ether oxygens (including phenoxy) is 1. The second kappa shape index (κ2) is 3.17. The van der Waals surface area contributed by atoms with Crippen LogP contribution in [0.5, 0.6) is 0 Å². The van der Waals surface area contributed by atoms with E-state index in [9.17, 15) is 9.18 Å². The monoisotopic (exact) mass is 170 g/mol. The standard InChI is InChI=1S/C7H7FN2O2/c1-12-7(11)4-2-3-5(8)10-6(4)9/h2-3H,1H3,(H2,9,10). The minimum absolute atomic E-state index is 0.0684. The van der Waals surface area contributed by atoms with E-state index in [1.54, 1.807) is 0 Å². The highest BCUT2D eigenvalue weighted by Gasteiger charge is 2.10. The first-order chi connectivity index (χ1) is 5.65. The van der Waals surface area contributed by atoms with Crippen LogP contribution >= 0.6 is 0 Å². The number of nitrogens with zero attached hydrogens (tertiary/aromatic N) is 1. The van der Waals surface area contributed by atoms with E-state index < -0.39 is 11.9 Å². The molecular weight excluding hydrogens is 163 g/mol. The second-order valence-corrected chi connectivity index (χ2v) is 2.06. The number of anilines is 1. The van der Waals surface area contributed by atoms with E-state index in [0.29, 0.717) is 0 Å². The molecular formula is C7H7FN2O2. The molecule has 1 rings (SSSR count). The van der Waals surface area contributed by atoms with Gasteiger partial charge < -0.3 is 10.5 Å². The maximum atomic E-state index is 12.4. The zero-order valence-corrected chi connectivity index (χ0v) is 6.37. The Hall–Kier alpha value is -1.65. The number of nitrogen functional groups attached to an aromatic ring is 1. The molecule has 5 heteroatoms. The summed E-state index contributed by atoms with van der Waals surface area (Å²) in [6.07, 6.45) is 0. The van der Waals surface area contributed by atoms with Gasteiger partial charge in [-0.05, 0) is 12.1 Å². The summed E-state index contributed by atoms with van der Waals surface area (Å²) >= 11 is 0. The lowest BCUT2D eigenvalue weighted by molar-refractivity contribution is 0.0601. The number of nitrogens with two attached hydrogens (primary N) is 1.